The molecule has 92 valence electrons. The van der Waals surface area contributed by atoms with Gasteiger partial charge in [0.1, 0.15) is 0 Å². The summed E-state index contributed by atoms with van der Waals surface area (Å²) in [5.74, 6) is -0.521. The number of carbonyl (C=O) groups is 2. The van der Waals surface area contributed by atoms with E-state index in [-0.39, 0.29) is 5.69 Å². The zero-order valence-corrected chi connectivity index (χ0v) is 9.90. The number of amides is 3. The number of hydrogen-bond donors (Lipinski definition) is 3. The number of benzene rings is 1. The molecule has 0 saturated heterocycles. The summed E-state index contributed by atoms with van der Waals surface area (Å²) in [6, 6.07) is 8.32. The summed E-state index contributed by atoms with van der Waals surface area (Å²) in [7, 11) is 0. The van der Waals surface area contributed by atoms with Gasteiger partial charge in [-0.1, -0.05) is 22.7 Å². The van der Waals surface area contributed by atoms with Gasteiger partial charge in [0.25, 0.3) is 5.91 Å². The molecule has 0 saturated carbocycles. The summed E-state index contributed by atoms with van der Waals surface area (Å²) in [6.45, 7) is 0. The minimum atomic E-state index is -0.544. The summed E-state index contributed by atoms with van der Waals surface area (Å²) in [6.07, 6.45) is 0. The van der Waals surface area contributed by atoms with E-state index in [0.717, 1.165) is 11.5 Å². The SMILES string of the molecule is O=C(NNC(=O)c1csnn1)Nc1ccccc1. The molecule has 0 aliphatic heterocycles. The Balaban J connectivity index is 1.80. The Bertz CT molecular complexity index is 528. The van der Waals surface area contributed by atoms with Gasteiger partial charge in [0.15, 0.2) is 5.69 Å². The van der Waals surface area contributed by atoms with Crippen molar-refractivity contribution in [1.29, 1.82) is 0 Å². The molecule has 0 bridgehead atoms. The van der Waals surface area contributed by atoms with Gasteiger partial charge in [-0.25, -0.2) is 10.2 Å². The molecule has 3 N–H and O–H groups in total. The van der Waals surface area contributed by atoms with Crippen LogP contribution in [0.2, 0.25) is 0 Å². The van der Waals surface area contributed by atoms with E-state index in [4.69, 9.17) is 0 Å². The van der Waals surface area contributed by atoms with Crippen molar-refractivity contribution in [1.82, 2.24) is 20.4 Å². The number of para-hydroxylation sites is 1. The van der Waals surface area contributed by atoms with Crippen LogP contribution in [0.5, 0.6) is 0 Å². The Morgan fingerprint density at radius 3 is 2.56 bits per heavy atom. The van der Waals surface area contributed by atoms with E-state index in [1.54, 1.807) is 24.3 Å². The zero-order chi connectivity index (χ0) is 12.8. The van der Waals surface area contributed by atoms with Crippen molar-refractivity contribution in [3.63, 3.8) is 0 Å². The lowest BCUT2D eigenvalue weighted by molar-refractivity contribution is 0.0933. The van der Waals surface area contributed by atoms with Crippen LogP contribution in [0.15, 0.2) is 35.7 Å². The number of hydrogen-bond acceptors (Lipinski definition) is 5. The Hall–Kier alpha value is -2.48. The van der Waals surface area contributed by atoms with E-state index in [0.29, 0.717) is 5.69 Å². The van der Waals surface area contributed by atoms with E-state index >= 15 is 0 Å². The Kier molecular flexibility index (Phi) is 3.82. The molecule has 0 aliphatic rings. The lowest BCUT2D eigenvalue weighted by Crippen LogP contribution is -2.44. The van der Waals surface area contributed by atoms with E-state index in [9.17, 15) is 9.59 Å². The molecule has 7 nitrogen and oxygen atoms in total. The molecule has 1 aromatic carbocycles. The molecule has 0 aliphatic carbocycles. The molecule has 0 fully saturated rings. The van der Waals surface area contributed by atoms with E-state index in [1.807, 2.05) is 6.07 Å². The molecule has 0 radical (unpaired) electrons. The van der Waals surface area contributed by atoms with Gasteiger partial charge in [0.2, 0.25) is 0 Å². The summed E-state index contributed by atoms with van der Waals surface area (Å²) < 4.78 is 3.54. The van der Waals surface area contributed by atoms with E-state index in [2.05, 4.69) is 25.8 Å². The molecular formula is C10H9N5O2S. The number of anilines is 1. The normalized spacial score (nSPS) is 9.56. The van der Waals surface area contributed by atoms with Crippen LogP contribution in [0.3, 0.4) is 0 Å². The predicted molar refractivity (Wildman–Crippen MR) is 66.0 cm³/mol. The largest absolute Gasteiger partial charge is 0.337 e. The van der Waals surface area contributed by atoms with Crippen LogP contribution in [0, 0.1) is 0 Å². The average molecular weight is 263 g/mol. The quantitative estimate of drug-likeness (QED) is 0.704. The van der Waals surface area contributed by atoms with Gasteiger partial charge >= 0.3 is 6.03 Å². The molecule has 18 heavy (non-hydrogen) atoms. The van der Waals surface area contributed by atoms with Crippen molar-refractivity contribution in [2.45, 2.75) is 0 Å². The minimum absolute atomic E-state index is 0.153. The number of urea groups is 1. The number of hydrazine groups is 1. The van der Waals surface area contributed by atoms with Crippen LogP contribution in [0.1, 0.15) is 10.5 Å². The van der Waals surface area contributed by atoms with Crippen molar-refractivity contribution in [3.8, 4) is 0 Å². The van der Waals surface area contributed by atoms with Crippen molar-refractivity contribution in [2.24, 2.45) is 0 Å². The maximum absolute atomic E-state index is 11.4. The second kappa shape index (κ2) is 5.73. The summed E-state index contributed by atoms with van der Waals surface area (Å²) in [5.41, 5.74) is 5.19. The van der Waals surface area contributed by atoms with Gasteiger partial charge in [-0.15, -0.1) is 5.10 Å². The van der Waals surface area contributed by atoms with Gasteiger partial charge in [-0.2, -0.15) is 0 Å². The number of carbonyl (C=O) groups excluding carboxylic acids is 2. The molecular weight excluding hydrogens is 254 g/mol. The fourth-order valence-corrected chi connectivity index (χ4v) is 1.56. The number of nitrogens with one attached hydrogen (secondary N) is 3. The highest BCUT2D eigenvalue weighted by molar-refractivity contribution is 7.03. The lowest BCUT2D eigenvalue weighted by Gasteiger charge is -2.07. The van der Waals surface area contributed by atoms with Crippen molar-refractivity contribution >= 4 is 29.2 Å². The van der Waals surface area contributed by atoms with Crippen molar-refractivity contribution < 1.29 is 9.59 Å². The molecule has 0 atom stereocenters. The smallest absolute Gasteiger partial charge is 0.307 e. The average Bonchev–Trinajstić information content (AvgIpc) is 2.91. The maximum atomic E-state index is 11.4. The first-order valence-electron chi connectivity index (χ1n) is 4.95. The van der Waals surface area contributed by atoms with Crippen LogP contribution >= 0.6 is 11.5 Å². The summed E-state index contributed by atoms with van der Waals surface area (Å²) in [5, 5.41) is 7.59. The second-order valence-electron chi connectivity index (χ2n) is 3.19. The molecule has 8 heteroatoms. The molecule has 1 heterocycles. The molecule has 0 spiro atoms. The topological polar surface area (TPSA) is 96.0 Å². The second-order valence-corrected chi connectivity index (χ2v) is 3.80. The van der Waals surface area contributed by atoms with Crippen LogP contribution < -0.4 is 16.2 Å². The molecule has 2 rings (SSSR count). The van der Waals surface area contributed by atoms with Gasteiger partial charge in [0, 0.05) is 11.1 Å². The monoisotopic (exact) mass is 263 g/mol. The molecule has 2 aromatic rings. The van der Waals surface area contributed by atoms with Crippen molar-refractivity contribution in [2.75, 3.05) is 5.32 Å². The van der Waals surface area contributed by atoms with Gasteiger partial charge in [-0.3, -0.25) is 10.2 Å². The number of aromatic nitrogens is 2. The highest BCUT2D eigenvalue weighted by Crippen LogP contribution is 2.03. The van der Waals surface area contributed by atoms with Crippen LogP contribution in [-0.2, 0) is 0 Å². The molecule has 3 amide bonds. The minimum Gasteiger partial charge on any atom is -0.307 e. The van der Waals surface area contributed by atoms with Gasteiger partial charge in [-0.05, 0) is 23.7 Å². The predicted octanol–water partition coefficient (Wildman–Crippen LogP) is 1.00. The van der Waals surface area contributed by atoms with Gasteiger partial charge < -0.3 is 5.32 Å². The van der Waals surface area contributed by atoms with E-state index in [1.165, 1.54) is 5.38 Å². The molecule has 1 aromatic heterocycles. The summed E-state index contributed by atoms with van der Waals surface area (Å²) >= 11 is 1.05. The molecule has 0 unspecified atom stereocenters. The summed E-state index contributed by atoms with van der Waals surface area (Å²) in [4.78, 5) is 22.8. The first-order valence-corrected chi connectivity index (χ1v) is 5.79. The first kappa shape index (κ1) is 12.0. The fourth-order valence-electron chi connectivity index (χ4n) is 1.12. The lowest BCUT2D eigenvalue weighted by atomic mass is 10.3. The third-order valence-corrected chi connectivity index (χ3v) is 2.42. The van der Waals surface area contributed by atoms with Gasteiger partial charge in [0.05, 0.1) is 0 Å². The Labute approximate surface area is 106 Å². The standard InChI is InChI=1S/C10H9N5O2S/c16-9(8-6-18-15-12-8)13-14-10(17)11-7-4-2-1-3-5-7/h1-6H,(H,13,16)(H2,11,14,17). The van der Waals surface area contributed by atoms with Crippen LogP contribution in [0.25, 0.3) is 0 Å². The van der Waals surface area contributed by atoms with Crippen molar-refractivity contribution in [3.05, 3.63) is 41.4 Å². The van der Waals surface area contributed by atoms with Crippen LogP contribution in [0.4, 0.5) is 10.5 Å². The van der Waals surface area contributed by atoms with Crippen LogP contribution in [-0.4, -0.2) is 21.5 Å². The number of nitrogens with zero attached hydrogens (tertiary/aromatic N) is 2. The highest BCUT2D eigenvalue weighted by atomic mass is 32.1. The van der Waals surface area contributed by atoms with E-state index < -0.39 is 11.9 Å². The number of rotatable bonds is 2. The Morgan fingerprint density at radius 1 is 1.11 bits per heavy atom. The Morgan fingerprint density at radius 2 is 1.89 bits per heavy atom. The third-order valence-electron chi connectivity index (χ3n) is 1.91. The first-order chi connectivity index (χ1) is 8.75. The fraction of sp³-hybridized carbons (Fsp3) is 0. The highest BCUT2D eigenvalue weighted by Gasteiger charge is 2.09. The zero-order valence-electron chi connectivity index (χ0n) is 9.08. The maximum Gasteiger partial charge on any atom is 0.337 e. The third kappa shape index (κ3) is 3.25.